The van der Waals surface area contributed by atoms with Crippen LogP contribution < -0.4 is 9.47 Å². The third-order valence-corrected chi connectivity index (χ3v) is 4.35. The number of fused-ring (bicyclic) bond motifs is 1. The molecule has 2 aromatic rings. The Hall–Kier alpha value is -2.01. The number of rotatable bonds is 3. The fourth-order valence-electron chi connectivity index (χ4n) is 3.35. The van der Waals surface area contributed by atoms with E-state index in [0.29, 0.717) is 19.3 Å². The van der Waals surface area contributed by atoms with Gasteiger partial charge < -0.3 is 14.0 Å². The van der Waals surface area contributed by atoms with Crippen molar-refractivity contribution in [2.45, 2.75) is 32.4 Å². The van der Waals surface area contributed by atoms with Gasteiger partial charge in [0.1, 0.15) is 13.2 Å². The largest absolute Gasteiger partial charge is 0.486 e. The van der Waals surface area contributed by atoms with Crippen LogP contribution in [0.4, 0.5) is 0 Å². The van der Waals surface area contributed by atoms with Gasteiger partial charge in [-0.25, -0.2) is 0 Å². The second kappa shape index (κ2) is 5.65. The quantitative estimate of drug-likeness (QED) is 0.871. The number of aryl methyl sites for hydroxylation is 1. The van der Waals surface area contributed by atoms with Crippen LogP contribution in [-0.2, 0) is 6.54 Å². The van der Waals surface area contributed by atoms with Gasteiger partial charge in [0.05, 0.1) is 12.2 Å². The number of ether oxygens (including phenoxy) is 2. The molecule has 0 bridgehead atoms. The zero-order valence-electron chi connectivity index (χ0n) is 12.7. The first-order valence-corrected chi connectivity index (χ1v) is 7.85. The Bertz CT molecular complexity index is 668. The average Bonchev–Trinajstić information content (AvgIpc) is 3.16. The number of aromatic nitrogens is 1. The van der Waals surface area contributed by atoms with Crippen molar-refractivity contribution in [1.29, 1.82) is 0 Å². The molecule has 0 aliphatic carbocycles. The maximum atomic E-state index is 5.71. The van der Waals surface area contributed by atoms with Crippen LogP contribution >= 0.6 is 0 Å². The van der Waals surface area contributed by atoms with Crippen molar-refractivity contribution in [3.05, 3.63) is 41.3 Å². The maximum Gasteiger partial charge on any atom is 0.161 e. The van der Waals surface area contributed by atoms with Gasteiger partial charge in [0.15, 0.2) is 17.3 Å². The normalized spacial score (nSPS) is 21.2. The summed E-state index contributed by atoms with van der Waals surface area (Å²) in [7, 11) is 0. The van der Waals surface area contributed by atoms with Gasteiger partial charge >= 0.3 is 0 Å². The first kappa shape index (κ1) is 13.6. The maximum absolute atomic E-state index is 5.71. The topological polar surface area (TPSA) is 47.7 Å². The first-order chi connectivity index (χ1) is 10.8. The summed E-state index contributed by atoms with van der Waals surface area (Å²) in [5.74, 6) is 2.65. The Kier molecular flexibility index (Phi) is 3.50. The van der Waals surface area contributed by atoms with Crippen LogP contribution in [-0.4, -0.2) is 29.8 Å². The molecule has 1 atom stereocenters. The SMILES string of the molecule is Cc1cc(CN2CCC[C@H]2c2ccc3c(c2)OCCO3)on1. The first-order valence-electron chi connectivity index (χ1n) is 7.85. The van der Waals surface area contributed by atoms with Gasteiger partial charge in [-0.1, -0.05) is 11.2 Å². The highest BCUT2D eigenvalue weighted by Crippen LogP contribution is 2.38. The highest BCUT2D eigenvalue weighted by molar-refractivity contribution is 5.44. The van der Waals surface area contributed by atoms with E-state index in [1.54, 1.807) is 0 Å². The van der Waals surface area contributed by atoms with Crippen LogP contribution in [0.15, 0.2) is 28.8 Å². The van der Waals surface area contributed by atoms with Crippen LogP contribution in [0.5, 0.6) is 11.5 Å². The number of hydrogen-bond acceptors (Lipinski definition) is 5. The summed E-state index contributed by atoms with van der Waals surface area (Å²) in [6, 6.07) is 8.73. The Balaban J connectivity index is 1.55. The Morgan fingerprint density at radius 1 is 1.18 bits per heavy atom. The minimum absolute atomic E-state index is 0.404. The van der Waals surface area contributed by atoms with E-state index in [1.165, 1.54) is 12.0 Å². The minimum Gasteiger partial charge on any atom is -0.486 e. The van der Waals surface area contributed by atoms with E-state index >= 15 is 0 Å². The highest BCUT2D eigenvalue weighted by Gasteiger charge is 2.28. The van der Waals surface area contributed by atoms with Crippen molar-refractivity contribution >= 4 is 0 Å². The van der Waals surface area contributed by atoms with E-state index in [9.17, 15) is 0 Å². The number of hydrogen-bond donors (Lipinski definition) is 0. The van der Waals surface area contributed by atoms with E-state index in [4.69, 9.17) is 14.0 Å². The third kappa shape index (κ3) is 2.57. The molecule has 1 fully saturated rings. The fraction of sp³-hybridized carbons (Fsp3) is 0.471. The van der Waals surface area contributed by atoms with Crippen molar-refractivity contribution in [2.75, 3.05) is 19.8 Å². The lowest BCUT2D eigenvalue weighted by atomic mass is 10.0. The summed E-state index contributed by atoms with van der Waals surface area (Å²) in [6.07, 6.45) is 2.36. The molecule has 5 heteroatoms. The highest BCUT2D eigenvalue weighted by atomic mass is 16.6. The molecule has 0 radical (unpaired) electrons. The third-order valence-electron chi connectivity index (χ3n) is 4.35. The van der Waals surface area contributed by atoms with Gasteiger partial charge in [-0.2, -0.15) is 0 Å². The summed E-state index contributed by atoms with van der Waals surface area (Å²) in [5.41, 5.74) is 2.23. The lowest BCUT2D eigenvalue weighted by molar-refractivity contribution is 0.170. The van der Waals surface area contributed by atoms with Crippen LogP contribution in [0.2, 0.25) is 0 Å². The Labute approximate surface area is 129 Å². The van der Waals surface area contributed by atoms with Crippen LogP contribution in [0.3, 0.4) is 0 Å². The zero-order valence-corrected chi connectivity index (χ0v) is 12.7. The van der Waals surface area contributed by atoms with Crippen molar-refractivity contribution < 1.29 is 14.0 Å². The van der Waals surface area contributed by atoms with Crippen LogP contribution in [0.25, 0.3) is 0 Å². The second-order valence-electron chi connectivity index (χ2n) is 5.97. The molecule has 0 N–H and O–H groups in total. The van der Waals surface area contributed by atoms with Gasteiger partial charge in [-0.3, -0.25) is 4.90 Å². The Morgan fingerprint density at radius 3 is 2.86 bits per heavy atom. The van der Waals surface area contributed by atoms with Gasteiger partial charge in [0.25, 0.3) is 0 Å². The Morgan fingerprint density at radius 2 is 2.05 bits per heavy atom. The molecule has 5 nitrogen and oxygen atoms in total. The van der Waals surface area contributed by atoms with E-state index in [0.717, 1.165) is 42.5 Å². The molecule has 2 aliphatic heterocycles. The zero-order chi connectivity index (χ0) is 14.9. The average molecular weight is 300 g/mol. The summed E-state index contributed by atoms with van der Waals surface area (Å²) < 4.78 is 16.7. The molecule has 1 aromatic heterocycles. The standard InChI is InChI=1S/C17H20N2O3/c1-12-9-14(22-18-12)11-19-6-2-3-15(19)13-4-5-16-17(10-13)21-8-7-20-16/h4-5,9-10,15H,2-3,6-8,11H2,1H3/t15-/m0/s1. The van der Waals surface area contributed by atoms with Gasteiger partial charge in [0, 0.05) is 12.1 Å². The molecule has 0 amide bonds. The number of benzene rings is 1. The minimum atomic E-state index is 0.404. The van der Waals surface area contributed by atoms with E-state index in [1.807, 2.05) is 19.1 Å². The molecular formula is C17H20N2O3. The van der Waals surface area contributed by atoms with E-state index < -0.39 is 0 Å². The molecule has 22 heavy (non-hydrogen) atoms. The molecule has 116 valence electrons. The van der Waals surface area contributed by atoms with Crippen LogP contribution in [0, 0.1) is 6.92 Å². The summed E-state index contributed by atoms with van der Waals surface area (Å²) in [4.78, 5) is 2.45. The summed E-state index contributed by atoms with van der Waals surface area (Å²) >= 11 is 0. The lowest BCUT2D eigenvalue weighted by Gasteiger charge is -2.25. The van der Waals surface area contributed by atoms with Crippen molar-refractivity contribution in [3.63, 3.8) is 0 Å². The monoisotopic (exact) mass is 300 g/mol. The fourth-order valence-corrected chi connectivity index (χ4v) is 3.35. The van der Waals surface area contributed by atoms with Gasteiger partial charge in [-0.15, -0.1) is 0 Å². The van der Waals surface area contributed by atoms with Crippen molar-refractivity contribution in [3.8, 4) is 11.5 Å². The number of likely N-dealkylation sites (tertiary alicyclic amines) is 1. The molecule has 1 saturated heterocycles. The number of nitrogens with zero attached hydrogens (tertiary/aromatic N) is 2. The molecule has 0 spiro atoms. The van der Waals surface area contributed by atoms with Crippen molar-refractivity contribution in [2.24, 2.45) is 0 Å². The van der Waals surface area contributed by atoms with Gasteiger partial charge in [0.2, 0.25) is 0 Å². The summed E-state index contributed by atoms with van der Waals surface area (Å²) in [6.45, 7) is 5.10. The molecule has 3 heterocycles. The molecule has 4 rings (SSSR count). The van der Waals surface area contributed by atoms with Crippen molar-refractivity contribution in [1.82, 2.24) is 10.1 Å². The predicted molar refractivity (Wildman–Crippen MR) is 81.1 cm³/mol. The molecule has 0 saturated carbocycles. The smallest absolute Gasteiger partial charge is 0.161 e. The molecule has 1 aromatic carbocycles. The molecule has 2 aliphatic rings. The lowest BCUT2D eigenvalue weighted by Crippen LogP contribution is -2.23. The van der Waals surface area contributed by atoms with Gasteiger partial charge in [-0.05, 0) is 44.0 Å². The molecular weight excluding hydrogens is 280 g/mol. The second-order valence-corrected chi connectivity index (χ2v) is 5.97. The van der Waals surface area contributed by atoms with Crippen LogP contribution in [0.1, 0.15) is 35.9 Å². The predicted octanol–water partition coefficient (Wildman–Crippen LogP) is 3.09. The summed E-state index contributed by atoms with van der Waals surface area (Å²) in [5, 5.41) is 3.98. The van der Waals surface area contributed by atoms with E-state index in [2.05, 4.69) is 22.2 Å². The van der Waals surface area contributed by atoms with E-state index in [-0.39, 0.29) is 0 Å². The molecule has 0 unspecified atom stereocenters.